The summed E-state index contributed by atoms with van der Waals surface area (Å²) in [6.45, 7) is 17.4. The molecule has 2 aliphatic heterocycles. The SMILES string of the molecule is C=C(C)[C@@H]1CC[C@]2(C(=O)O)CC[C@]3(C)[C@H](CC[C@@H]4[C@@]5(C)CC[C@H]([C@@H]6OC[C@H](O)[C@H](O)[C@H]6O[C@@H]6O[C@@H](C)[C@H](O)[C@@H](O)[C@H]6O)[C@@](C)(CO)[C@@H]5CC[C@]43C)[C@@H]12. The Balaban J connectivity index is 1.18. The summed E-state index contributed by atoms with van der Waals surface area (Å²) in [6, 6.07) is 0. The van der Waals surface area contributed by atoms with Gasteiger partial charge in [-0.25, -0.2) is 0 Å². The predicted molar refractivity (Wildman–Crippen MR) is 190 cm³/mol. The van der Waals surface area contributed by atoms with Crippen molar-refractivity contribution in [3.05, 3.63) is 12.2 Å². The number of carboxylic acid groups (broad SMARTS) is 1. The lowest BCUT2D eigenvalue weighted by atomic mass is 9.31. The zero-order valence-corrected chi connectivity index (χ0v) is 32.1. The Hall–Kier alpha value is -1.15. The Morgan fingerprint density at radius 2 is 1.52 bits per heavy atom. The fraction of sp³-hybridized carbons (Fsp3) is 0.927. The second-order valence-electron chi connectivity index (χ2n) is 19.6. The molecule has 2 heterocycles. The number of aliphatic hydroxyl groups is 6. The van der Waals surface area contributed by atoms with Gasteiger partial charge in [0, 0.05) is 6.61 Å². The van der Waals surface area contributed by atoms with Crippen LogP contribution in [0.15, 0.2) is 12.2 Å². The van der Waals surface area contributed by atoms with E-state index in [2.05, 4.69) is 41.2 Å². The third kappa shape index (κ3) is 5.26. The molecular weight excluding hydrogens is 668 g/mol. The van der Waals surface area contributed by atoms with Crippen LogP contribution in [0.3, 0.4) is 0 Å². The predicted octanol–water partition coefficient (Wildman–Crippen LogP) is 3.65. The number of hydrogen-bond donors (Lipinski definition) is 7. The van der Waals surface area contributed by atoms with E-state index in [1.54, 1.807) is 6.92 Å². The minimum Gasteiger partial charge on any atom is -0.481 e. The van der Waals surface area contributed by atoms with E-state index in [9.17, 15) is 40.5 Å². The molecule has 5 saturated carbocycles. The van der Waals surface area contributed by atoms with E-state index in [0.717, 1.165) is 56.9 Å². The summed E-state index contributed by atoms with van der Waals surface area (Å²) in [5.74, 6) is 0.265. The lowest BCUT2D eigenvalue weighted by Crippen LogP contribution is -2.69. The van der Waals surface area contributed by atoms with Gasteiger partial charge >= 0.3 is 5.97 Å². The van der Waals surface area contributed by atoms with Crippen molar-refractivity contribution >= 4 is 5.97 Å². The maximum absolute atomic E-state index is 13.1. The molecule has 7 aliphatic rings. The number of rotatable bonds is 6. The second kappa shape index (κ2) is 13.2. The third-order valence-corrected chi connectivity index (χ3v) is 17.7. The standard InChI is InChI=1S/C41H66O11/c1-20(2)22-10-15-41(36(48)49)17-16-39(6)23(28(22)41)8-9-27-37(4)13-11-24(38(5,19-42)26(37)12-14-40(27,39)7)33-34(30(45)25(43)18-50-33)52-35-32(47)31(46)29(44)21(3)51-35/h21-35,42-47H,1,8-19H2,2-7H3,(H,48,49)/t21-,22-,23+,24+,25-,26+,27+,28+,29-,30-,31+,32+,33-,34+,35-,37-,38+,39+,40+,41-/m0/s1. The van der Waals surface area contributed by atoms with Gasteiger partial charge in [-0.3, -0.25) is 4.79 Å². The molecular formula is C41H66O11. The highest BCUT2D eigenvalue weighted by Gasteiger charge is 2.73. The highest BCUT2D eigenvalue weighted by molar-refractivity contribution is 5.76. The van der Waals surface area contributed by atoms with E-state index in [4.69, 9.17) is 14.2 Å². The van der Waals surface area contributed by atoms with Gasteiger partial charge in [-0.2, -0.15) is 0 Å². The first-order valence-electron chi connectivity index (χ1n) is 20.1. The van der Waals surface area contributed by atoms with Crippen LogP contribution in [0.25, 0.3) is 0 Å². The van der Waals surface area contributed by atoms with E-state index in [1.165, 1.54) is 0 Å². The quantitative estimate of drug-likeness (QED) is 0.198. The van der Waals surface area contributed by atoms with Crippen molar-refractivity contribution in [2.45, 2.75) is 161 Å². The van der Waals surface area contributed by atoms with Gasteiger partial charge in [-0.15, -0.1) is 0 Å². The number of aliphatic carboxylic acids is 1. The molecule has 2 saturated heterocycles. The summed E-state index contributed by atoms with van der Waals surface area (Å²) >= 11 is 0. The van der Waals surface area contributed by atoms with E-state index in [-0.39, 0.29) is 53.1 Å². The molecule has 0 bridgehead atoms. The molecule has 0 unspecified atom stereocenters. The number of allylic oxidation sites excluding steroid dienone is 1. The number of fused-ring (bicyclic) bond motifs is 7. The van der Waals surface area contributed by atoms with E-state index >= 15 is 0 Å². The van der Waals surface area contributed by atoms with Crippen molar-refractivity contribution in [1.29, 1.82) is 0 Å². The Morgan fingerprint density at radius 3 is 2.17 bits per heavy atom. The number of carboxylic acids is 1. The van der Waals surface area contributed by atoms with Crippen LogP contribution in [-0.2, 0) is 19.0 Å². The zero-order chi connectivity index (χ0) is 37.9. The average Bonchev–Trinajstić information content (AvgIpc) is 3.50. The first-order chi connectivity index (χ1) is 24.3. The zero-order valence-electron chi connectivity index (χ0n) is 32.1. The minimum absolute atomic E-state index is 0.0128. The number of carbonyl (C=O) groups is 1. The molecule has 52 heavy (non-hydrogen) atoms. The first kappa shape index (κ1) is 39.1. The van der Waals surface area contributed by atoms with Crippen molar-refractivity contribution in [1.82, 2.24) is 0 Å². The normalized spacial score (nSPS) is 57.6. The topological polar surface area (TPSA) is 186 Å². The summed E-state index contributed by atoms with van der Waals surface area (Å²) in [7, 11) is 0. The first-order valence-corrected chi connectivity index (χ1v) is 20.1. The molecule has 296 valence electrons. The van der Waals surface area contributed by atoms with Crippen LogP contribution >= 0.6 is 0 Å². The number of ether oxygens (including phenoxy) is 3. The van der Waals surface area contributed by atoms with E-state index in [0.29, 0.717) is 24.7 Å². The number of aliphatic hydroxyl groups excluding tert-OH is 6. The molecule has 7 rings (SSSR count). The van der Waals surface area contributed by atoms with Gasteiger partial charge in [-0.1, -0.05) is 39.8 Å². The van der Waals surface area contributed by atoms with Gasteiger partial charge < -0.3 is 50.0 Å². The molecule has 11 nitrogen and oxygen atoms in total. The Morgan fingerprint density at radius 1 is 0.808 bits per heavy atom. The Kier molecular flexibility index (Phi) is 9.94. The van der Waals surface area contributed by atoms with Gasteiger partial charge in [0.25, 0.3) is 0 Å². The second-order valence-corrected chi connectivity index (χ2v) is 19.6. The summed E-state index contributed by atoms with van der Waals surface area (Å²) < 4.78 is 18.3. The van der Waals surface area contributed by atoms with E-state index < -0.39 is 71.9 Å². The van der Waals surface area contributed by atoms with Crippen LogP contribution in [0, 0.1) is 62.6 Å². The van der Waals surface area contributed by atoms with Crippen LogP contribution in [0.2, 0.25) is 0 Å². The average molecular weight is 735 g/mol. The maximum atomic E-state index is 13.1. The van der Waals surface area contributed by atoms with Gasteiger partial charge in [0.15, 0.2) is 6.29 Å². The summed E-state index contributed by atoms with van der Waals surface area (Å²) in [5.41, 5.74) is -0.328. The van der Waals surface area contributed by atoms with Crippen LogP contribution in [0.4, 0.5) is 0 Å². The molecule has 0 radical (unpaired) electrons. The van der Waals surface area contributed by atoms with Gasteiger partial charge in [0.2, 0.25) is 0 Å². The van der Waals surface area contributed by atoms with Crippen molar-refractivity contribution in [3.8, 4) is 0 Å². The van der Waals surface area contributed by atoms with Crippen molar-refractivity contribution < 1.29 is 54.8 Å². The largest absolute Gasteiger partial charge is 0.481 e. The summed E-state index contributed by atoms with van der Waals surface area (Å²) in [6.07, 6.45) is -2.36. The fourth-order valence-electron chi connectivity index (χ4n) is 14.7. The third-order valence-electron chi connectivity index (χ3n) is 17.7. The molecule has 0 aromatic heterocycles. The Bertz CT molecular complexity index is 1390. The highest BCUT2D eigenvalue weighted by Crippen LogP contribution is 2.78. The molecule has 0 amide bonds. The summed E-state index contributed by atoms with van der Waals surface area (Å²) in [4.78, 5) is 13.1. The number of hydrogen-bond acceptors (Lipinski definition) is 10. The van der Waals surface area contributed by atoms with Gasteiger partial charge in [0.1, 0.15) is 36.6 Å². The molecule has 7 fully saturated rings. The van der Waals surface area contributed by atoms with Crippen molar-refractivity contribution in [3.63, 3.8) is 0 Å². The molecule has 11 heteroatoms. The Labute approximate surface area is 309 Å². The summed E-state index contributed by atoms with van der Waals surface area (Å²) in [5, 5.41) is 75.8. The highest BCUT2D eigenvalue weighted by atomic mass is 16.7. The van der Waals surface area contributed by atoms with Crippen molar-refractivity contribution in [2.24, 2.45) is 62.6 Å². The molecule has 7 N–H and O–H groups in total. The van der Waals surface area contributed by atoms with Gasteiger partial charge in [-0.05, 0) is 135 Å². The van der Waals surface area contributed by atoms with Crippen molar-refractivity contribution in [2.75, 3.05) is 13.2 Å². The van der Waals surface area contributed by atoms with Crippen LogP contribution in [-0.4, -0.2) is 110 Å². The van der Waals surface area contributed by atoms with Gasteiger partial charge in [0.05, 0.1) is 24.2 Å². The van der Waals surface area contributed by atoms with Crippen LogP contribution in [0.5, 0.6) is 0 Å². The lowest BCUT2D eigenvalue weighted by Gasteiger charge is -2.73. The fourth-order valence-corrected chi connectivity index (χ4v) is 14.7. The molecule has 0 aromatic rings. The molecule has 5 aliphatic carbocycles. The minimum atomic E-state index is -1.58. The molecule has 0 aromatic carbocycles. The smallest absolute Gasteiger partial charge is 0.309 e. The van der Waals surface area contributed by atoms with Crippen LogP contribution < -0.4 is 0 Å². The maximum Gasteiger partial charge on any atom is 0.309 e. The molecule has 20 atom stereocenters. The van der Waals surface area contributed by atoms with Crippen LogP contribution in [0.1, 0.15) is 106 Å². The lowest BCUT2D eigenvalue weighted by molar-refractivity contribution is -0.339. The van der Waals surface area contributed by atoms with E-state index in [1.807, 2.05) is 0 Å². The monoisotopic (exact) mass is 734 g/mol. The molecule has 0 spiro atoms.